The maximum Gasteiger partial charge on any atom is 0.270 e. The van der Waals surface area contributed by atoms with Gasteiger partial charge in [-0.15, -0.1) is 0 Å². The molecule has 7 heteroatoms. The van der Waals surface area contributed by atoms with Crippen molar-refractivity contribution in [2.24, 2.45) is 5.73 Å². The second-order valence-corrected chi connectivity index (χ2v) is 8.44. The summed E-state index contributed by atoms with van der Waals surface area (Å²) >= 11 is 0. The van der Waals surface area contributed by atoms with Gasteiger partial charge in [0, 0.05) is 48.8 Å². The molecule has 1 fully saturated rings. The first-order valence-corrected chi connectivity index (χ1v) is 10.8. The monoisotopic (exact) mass is 438 g/mol. The van der Waals surface area contributed by atoms with Crippen LogP contribution in [0.5, 0.6) is 0 Å². The molecule has 1 saturated heterocycles. The molecule has 5 rings (SSSR count). The molecule has 7 nitrogen and oxygen atoms in total. The molecule has 1 atom stereocenters. The SMILES string of the molecule is N#Cc1ccc(-c2cc3c(CN4CCC(N)C4)coc3cc2-c2cccc([N+](=O)[O-])c2)cc1. The van der Waals surface area contributed by atoms with Crippen molar-refractivity contribution in [1.29, 1.82) is 5.26 Å². The highest BCUT2D eigenvalue weighted by Crippen LogP contribution is 2.38. The molecule has 164 valence electrons. The van der Waals surface area contributed by atoms with Crippen molar-refractivity contribution in [3.63, 3.8) is 0 Å². The van der Waals surface area contributed by atoms with Gasteiger partial charge in [0.2, 0.25) is 0 Å². The van der Waals surface area contributed by atoms with Crippen LogP contribution in [0.15, 0.2) is 71.3 Å². The van der Waals surface area contributed by atoms with E-state index in [9.17, 15) is 15.4 Å². The predicted molar refractivity (Wildman–Crippen MR) is 126 cm³/mol. The lowest BCUT2D eigenvalue weighted by Crippen LogP contribution is -2.26. The standard InChI is InChI=1S/C26H22N4O3/c27-13-17-4-6-18(7-5-17)23-11-25-20(14-29-9-8-21(28)15-29)16-33-26(25)12-24(23)19-2-1-3-22(10-19)30(31)32/h1-7,10-12,16,21H,8-9,14-15,28H2. The first-order chi connectivity index (χ1) is 16.0. The molecule has 0 amide bonds. The summed E-state index contributed by atoms with van der Waals surface area (Å²) in [5.41, 5.74) is 11.9. The van der Waals surface area contributed by atoms with E-state index < -0.39 is 4.92 Å². The number of hydrogen-bond acceptors (Lipinski definition) is 6. The summed E-state index contributed by atoms with van der Waals surface area (Å²) in [5, 5.41) is 21.5. The average Bonchev–Trinajstić information content (AvgIpc) is 3.44. The van der Waals surface area contributed by atoms with Crippen molar-refractivity contribution in [3.8, 4) is 28.3 Å². The molecule has 3 aromatic carbocycles. The van der Waals surface area contributed by atoms with Gasteiger partial charge in [-0.1, -0.05) is 24.3 Å². The van der Waals surface area contributed by atoms with Gasteiger partial charge < -0.3 is 10.2 Å². The van der Waals surface area contributed by atoms with Crippen LogP contribution in [0, 0.1) is 21.4 Å². The summed E-state index contributed by atoms with van der Waals surface area (Å²) < 4.78 is 5.92. The third-order valence-corrected chi connectivity index (χ3v) is 6.19. The van der Waals surface area contributed by atoms with Crippen molar-refractivity contribution in [3.05, 3.63) is 88.2 Å². The number of nitriles is 1. The molecule has 0 radical (unpaired) electrons. The Morgan fingerprint density at radius 2 is 1.91 bits per heavy atom. The lowest BCUT2D eigenvalue weighted by atomic mass is 9.92. The Morgan fingerprint density at radius 3 is 2.61 bits per heavy atom. The highest BCUT2D eigenvalue weighted by Gasteiger charge is 2.22. The molecule has 2 N–H and O–H groups in total. The molecule has 0 aliphatic carbocycles. The summed E-state index contributed by atoms with van der Waals surface area (Å²) in [6.45, 7) is 2.58. The van der Waals surface area contributed by atoms with Crippen LogP contribution in [-0.2, 0) is 6.54 Å². The zero-order valence-electron chi connectivity index (χ0n) is 17.9. The third-order valence-electron chi connectivity index (χ3n) is 6.19. The Balaban J connectivity index is 1.66. The minimum atomic E-state index is -0.394. The predicted octanol–water partition coefficient (Wildman–Crippen LogP) is 5.08. The van der Waals surface area contributed by atoms with Gasteiger partial charge in [-0.2, -0.15) is 5.26 Å². The first-order valence-electron chi connectivity index (χ1n) is 10.8. The number of furan rings is 1. The topological polar surface area (TPSA) is 109 Å². The molecule has 1 aliphatic heterocycles. The summed E-state index contributed by atoms with van der Waals surface area (Å²) in [7, 11) is 0. The Kier molecular flexibility index (Phi) is 5.38. The minimum absolute atomic E-state index is 0.0314. The van der Waals surface area contributed by atoms with Crippen molar-refractivity contribution < 1.29 is 9.34 Å². The lowest BCUT2D eigenvalue weighted by molar-refractivity contribution is -0.384. The molecule has 0 spiro atoms. The van der Waals surface area contributed by atoms with Crippen LogP contribution in [0.3, 0.4) is 0 Å². The number of benzene rings is 3. The number of nitrogens with two attached hydrogens (primary N) is 1. The first kappa shape index (κ1) is 20.9. The van der Waals surface area contributed by atoms with Crippen LogP contribution in [0.2, 0.25) is 0 Å². The third kappa shape index (κ3) is 4.10. The summed E-state index contributed by atoms with van der Waals surface area (Å²) in [6.07, 6.45) is 2.78. The van der Waals surface area contributed by atoms with E-state index in [0.717, 1.165) is 64.8 Å². The van der Waals surface area contributed by atoms with Crippen LogP contribution in [0.25, 0.3) is 33.2 Å². The number of rotatable bonds is 5. The molecule has 0 saturated carbocycles. The largest absolute Gasteiger partial charge is 0.464 e. The van der Waals surface area contributed by atoms with Gasteiger partial charge >= 0.3 is 0 Å². The lowest BCUT2D eigenvalue weighted by Gasteiger charge is -2.15. The number of nitro benzene ring substituents is 1. The molecule has 2 heterocycles. The van der Waals surface area contributed by atoms with Gasteiger partial charge in [0.15, 0.2) is 0 Å². The summed E-state index contributed by atoms with van der Waals surface area (Å²) in [4.78, 5) is 13.3. The van der Waals surface area contributed by atoms with E-state index in [1.165, 1.54) is 6.07 Å². The van der Waals surface area contributed by atoms with E-state index in [-0.39, 0.29) is 11.7 Å². The van der Waals surface area contributed by atoms with E-state index in [2.05, 4.69) is 17.0 Å². The Labute approximate surface area is 190 Å². The van der Waals surface area contributed by atoms with E-state index in [4.69, 9.17) is 10.2 Å². The number of non-ortho nitro benzene ring substituents is 1. The maximum atomic E-state index is 11.4. The number of hydrogen-bond donors (Lipinski definition) is 1. The van der Waals surface area contributed by atoms with Gasteiger partial charge in [0.1, 0.15) is 5.58 Å². The van der Waals surface area contributed by atoms with Crippen LogP contribution >= 0.6 is 0 Å². The van der Waals surface area contributed by atoms with E-state index in [1.54, 1.807) is 30.5 Å². The Hall–Kier alpha value is -3.99. The smallest absolute Gasteiger partial charge is 0.270 e. The zero-order chi connectivity index (χ0) is 22.9. The minimum Gasteiger partial charge on any atom is -0.464 e. The second-order valence-electron chi connectivity index (χ2n) is 8.44. The van der Waals surface area contributed by atoms with Crippen molar-refractivity contribution in [1.82, 2.24) is 4.90 Å². The molecule has 4 aromatic rings. The highest BCUT2D eigenvalue weighted by atomic mass is 16.6. The van der Waals surface area contributed by atoms with Crippen LogP contribution in [0.1, 0.15) is 17.5 Å². The van der Waals surface area contributed by atoms with Gasteiger partial charge in [-0.05, 0) is 52.9 Å². The fourth-order valence-electron chi connectivity index (χ4n) is 4.48. The normalized spacial score (nSPS) is 16.2. The molecule has 1 aromatic heterocycles. The van der Waals surface area contributed by atoms with Crippen LogP contribution < -0.4 is 5.73 Å². The number of nitrogens with zero attached hydrogens (tertiary/aromatic N) is 3. The van der Waals surface area contributed by atoms with Crippen molar-refractivity contribution in [2.75, 3.05) is 13.1 Å². The average molecular weight is 438 g/mol. The number of likely N-dealkylation sites (tertiary alicyclic amines) is 1. The molecule has 33 heavy (non-hydrogen) atoms. The Morgan fingerprint density at radius 1 is 1.12 bits per heavy atom. The van der Waals surface area contributed by atoms with Gasteiger partial charge in [0.25, 0.3) is 5.69 Å². The van der Waals surface area contributed by atoms with E-state index in [1.807, 2.05) is 24.3 Å². The molecule has 1 aliphatic rings. The summed E-state index contributed by atoms with van der Waals surface area (Å²) in [6, 6.07) is 20.3. The fourth-order valence-corrected chi connectivity index (χ4v) is 4.48. The molecular weight excluding hydrogens is 416 g/mol. The number of fused-ring (bicyclic) bond motifs is 1. The van der Waals surface area contributed by atoms with Gasteiger partial charge in [0.05, 0.1) is 22.8 Å². The fraction of sp³-hybridized carbons (Fsp3) is 0.192. The Bertz CT molecular complexity index is 1390. The van der Waals surface area contributed by atoms with Crippen LogP contribution in [0.4, 0.5) is 5.69 Å². The quantitative estimate of drug-likeness (QED) is 0.344. The highest BCUT2D eigenvalue weighted by molar-refractivity contribution is 5.96. The maximum absolute atomic E-state index is 11.4. The molecule has 0 bridgehead atoms. The molecular formula is C26H22N4O3. The number of nitro groups is 1. The van der Waals surface area contributed by atoms with Gasteiger partial charge in [-0.3, -0.25) is 15.0 Å². The van der Waals surface area contributed by atoms with Crippen molar-refractivity contribution >= 4 is 16.7 Å². The van der Waals surface area contributed by atoms with Crippen molar-refractivity contribution in [2.45, 2.75) is 19.0 Å². The van der Waals surface area contributed by atoms with E-state index >= 15 is 0 Å². The van der Waals surface area contributed by atoms with Gasteiger partial charge in [-0.25, -0.2) is 0 Å². The molecule has 1 unspecified atom stereocenters. The zero-order valence-corrected chi connectivity index (χ0v) is 17.9. The second kappa shape index (κ2) is 8.51. The van der Waals surface area contributed by atoms with Crippen LogP contribution in [-0.4, -0.2) is 29.0 Å². The van der Waals surface area contributed by atoms with E-state index in [0.29, 0.717) is 5.56 Å². The summed E-state index contributed by atoms with van der Waals surface area (Å²) in [5.74, 6) is 0.